The maximum Gasteiger partial charge on any atom is 0.304 e. The molecule has 0 radical (unpaired) electrons. The van der Waals surface area contributed by atoms with Gasteiger partial charge in [0.2, 0.25) is 0 Å². The molecule has 1 heterocycles. The predicted molar refractivity (Wildman–Crippen MR) is 108 cm³/mol. The van der Waals surface area contributed by atoms with Gasteiger partial charge in [-0.25, -0.2) is 4.98 Å². The molecular formula is C22H27NO4S. The molecule has 0 bridgehead atoms. The zero-order valence-electron chi connectivity index (χ0n) is 16.3. The number of aliphatic hydroxyl groups is 2. The van der Waals surface area contributed by atoms with Crippen LogP contribution in [0.2, 0.25) is 0 Å². The number of thiazole rings is 1. The molecule has 1 aromatic carbocycles. The van der Waals surface area contributed by atoms with E-state index in [1.807, 2.05) is 37.3 Å². The van der Waals surface area contributed by atoms with E-state index in [2.05, 4.69) is 6.92 Å². The first kappa shape index (κ1) is 19.6. The van der Waals surface area contributed by atoms with Crippen molar-refractivity contribution in [2.75, 3.05) is 6.61 Å². The molecule has 150 valence electrons. The summed E-state index contributed by atoms with van der Waals surface area (Å²) in [6.45, 7) is 3.98. The Kier molecular flexibility index (Phi) is 4.84. The highest BCUT2D eigenvalue weighted by atomic mass is 32.1. The van der Waals surface area contributed by atoms with Crippen LogP contribution in [0, 0.1) is 16.7 Å². The molecule has 2 aliphatic rings. The SMILES string of the molecule is CC1(CO)C(O)CCC2(C)C(CC(=O)O)c3nc(-c4ccccc4)sc3CC12. The van der Waals surface area contributed by atoms with Gasteiger partial charge < -0.3 is 15.3 Å². The second kappa shape index (κ2) is 6.94. The van der Waals surface area contributed by atoms with Crippen molar-refractivity contribution in [2.24, 2.45) is 16.7 Å². The zero-order chi connectivity index (χ0) is 20.1. The smallest absolute Gasteiger partial charge is 0.304 e. The monoisotopic (exact) mass is 401 g/mol. The first-order valence-electron chi connectivity index (χ1n) is 9.85. The number of aliphatic carboxylic acids is 1. The van der Waals surface area contributed by atoms with Gasteiger partial charge in [0, 0.05) is 21.8 Å². The van der Waals surface area contributed by atoms with Gasteiger partial charge >= 0.3 is 5.97 Å². The normalized spacial score (nSPS) is 34.5. The molecule has 4 rings (SSSR count). The van der Waals surface area contributed by atoms with Crippen molar-refractivity contribution < 1.29 is 20.1 Å². The number of carboxylic acid groups (broad SMARTS) is 1. The molecule has 2 aliphatic carbocycles. The molecule has 0 spiro atoms. The van der Waals surface area contributed by atoms with Crippen molar-refractivity contribution in [3.05, 3.63) is 40.9 Å². The highest BCUT2D eigenvalue weighted by Gasteiger charge is 2.59. The minimum Gasteiger partial charge on any atom is -0.481 e. The van der Waals surface area contributed by atoms with Crippen molar-refractivity contribution in [3.8, 4) is 10.6 Å². The summed E-state index contributed by atoms with van der Waals surface area (Å²) in [5.74, 6) is -1.04. The number of aliphatic hydroxyl groups excluding tert-OH is 2. The number of aromatic nitrogens is 1. The molecule has 0 saturated heterocycles. The standard InChI is InChI=1S/C22H27NO4S/c1-21-9-8-17(25)22(2,12-24)16(21)11-15-19(14(21)10-18(26)27)23-20(28-15)13-6-4-3-5-7-13/h3-7,14,16-17,24-25H,8-12H2,1-2H3,(H,26,27). The summed E-state index contributed by atoms with van der Waals surface area (Å²) >= 11 is 1.62. The quantitative estimate of drug-likeness (QED) is 0.727. The molecule has 1 fully saturated rings. The number of carboxylic acids is 1. The van der Waals surface area contributed by atoms with E-state index in [-0.39, 0.29) is 30.3 Å². The molecule has 0 aliphatic heterocycles. The summed E-state index contributed by atoms with van der Waals surface area (Å²) in [6, 6.07) is 9.96. The van der Waals surface area contributed by atoms with Crippen LogP contribution in [0.15, 0.2) is 30.3 Å². The first-order valence-corrected chi connectivity index (χ1v) is 10.7. The van der Waals surface area contributed by atoms with Crippen molar-refractivity contribution in [1.82, 2.24) is 4.98 Å². The van der Waals surface area contributed by atoms with E-state index >= 15 is 0 Å². The largest absolute Gasteiger partial charge is 0.481 e. The second-order valence-electron chi connectivity index (χ2n) is 8.82. The number of fused-ring (bicyclic) bond motifs is 2. The van der Waals surface area contributed by atoms with Gasteiger partial charge in [0.1, 0.15) is 5.01 Å². The molecule has 5 atom stereocenters. The minimum absolute atomic E-state index is 0.00896. The van der Waals surface area contributed by atoms with Crippen molar-refractivity contribution in [2.45, 2.75) is 51.6 Å². The summed E-state index contributed by atoms with van der Waals surface area (Å²) < 4.78 is 0. The number of nitrogens with zero attached hydrogens (tertiary/aromatic N) is 1. The lowest BCUT2D eigenvalue weighted by Crippen LogP contribution is -2.57. The molecule has 5 nitrogen and oxygen atoms in total. The van der Waals surface area contributed by atoms with E-state index in [0.29, 0.717) is 6.42 Å². The van der Waals surface area contributed by atoms with E-state index in [1.54, 1.807) is 11.3 Å². The van der Waals surface area contributed by atoms with Crippen LogP contribution >= 0.6 is 11.3 Å². The van der Waals surface area contributed by atoms with Crippen LogP contribution < -0.4 is 0 Å². The Hall–Kier alpha value is -1.76. The Morgan fingerprint density at radius 1 is 1.29 bits per heavy atom. The lowest BCUT2D eigenvalue weighted by atomic mass is 9.47. The van der Waals surface area contributed by atoms with Gasteiger partial charge in [-0.05, 0) is 30.6 Å². The average Bonchev–Trinajstić information content (AvgIpc) is 3.11. The predicted octanol–water partition coefficient (Wildman–Crippen LogP) is 3.70. The fourth-order valence-electron chi connectivity index (χ4n) is 5.52. The molecule has 3 N–H and O–H groups in total. The van der Waals surface area contributed by atoms with Gasteiger partial charge in [-0.1, -0.05) is 44.2 Å². The lowest BCUT2D eigenvalue weighted by Gasteiger charge is -2.58. The Morgan fingerprint density at radius 2 is 2.00 bits per heavy atom. The first-order chi connectivity index (χ1) is 13.3. The van der Waals surface area contributed by atoms with Gasteiger partial charge in [-0.2, -0.15) is 0 Å². The molecule has 28 heavy (non-hydrogen) atoms. The Morgan fingerprint density at radius 3 is 2.64 bits per heavy atom. The van der Waals surface area contributed by atoms with Gasteiger partial charge in [-0.15, -0.1) is 11.3 Å². The summed E-state index contributed by atoms with van der Waals surface area (Å²) in [4.78, 5) is 17.8. The van der Waals surface area contributed by atoms with Crippen LogP contribution in [-0.4, -0.2) is 39.0 Å². The molecule has 1 saturated carbocycles. The van der Waals surface area contributed by atoms with Gasteiger partial charge in [-0.3, -0.25) is 4.79 Å². The molecule has 6 heteroatoms. The maximum atomic E-state index is 11.7. The number of rotatable bonds is 4. The van der Waals surface area contributed by atoms with Crippen molar-refractivity contribution in [1.29, 1.82) is 0 Å². The van der Waals surface area contributed by atoms with Crippen LogP contribution in [0.4, 0.5) is 0 Å². The zero-order valence-corrected chi connectivity index (χ0v) is 17.1. The summed E-state index contributed by atoms with van der Waals surface area (Å²) in [7, 11) is 0. The molecule has 1 aromatic heterocycles. The fourth-order valence-corrected chi connectivity index (χ4v) is 6.70. The third-order valence-electron chi connectivity index (χ3n) is 7.29. The summed E-state index contributed by atoms with van der Waals surface area (Å²) in [5.41, 5.74) is 0.985. The lowest BCUT2D eigenvalue weighted by molar-refractivity contribution is -0.150. The van der Waals surface area contributed by atoms with Gasteiger partial charge in [0.15, 0.2) is 0 Å². The van der Waals surface area contributed by atoms with E-state index in [1.165, 1.54) is 0 Å². The van der Waals surface area contributed by atoms with Gasteiger partial charge in [0.05, 0.1) is 24.8 Å². The minimum atomic E-state index is -0.830. The molecular weight excluding hydrogens is 374 g/mol. The number of benzene rings is 1. The summed E-state index contributed by atoms with van der Waals surface area (Å²) in [5, 5.41) is 31.4. The van der Waals surface area contributed by atoms with E-state index in [4.69, 9.17) is 4.98 Å². The molecule has 0 amide bonds. The van der Waals surface area contributed by atoms with Crippen LogP contribution in [-0.2, 0) is 11.2 Å². The van der Waals surface area contributed by atoms with Crippen LogP contribution in [0.3, 0.4) is 0 Å². The van der Waals surface area contributed by atoms with E-state index < -0.39 is 17.5 Å². The third kappa shape index (κ3) is 2.90. The van der Waals surface area contributed by atoms with Crippen molar-refractivity contribution in [3.63, 3.8) is 0 Å². The second-order valence-corrected chi connectivity index (χ2v) is 9.91. The number of hydrogen-bond donors (Lipinski definition) is 3. The molecule has 2 aromatic rings. The third-order valence-corrected chi connectivity index (χ3v) is 8.44. The number of carbonyl (C=O) groups is 1. The topological polar surface area (TPSA) is 90.7 Å². The summed E-state index contributed by atoms with van der Waals surface area (Å²) in [6.07, 6.45) is 1.48. The van der Waals surface area contributed by atoms with Gasteiger partial charge in [0.25, 0.3) is 0 Å². The molecule has 5 unspecified atom stereocenters. The van der Waals surface area contributed by atoms with Crippen LogP contribution in [0.1, 0.15) is 49.6 Å². The fraction of sp³-hybridized carbons (Fsp3) is 0.545. The van der Waals surface area contributed by atoms with Crippen LogP contribution in [0.25, 0.3) is 10.6 Å². The highest BCUT2D eigenvalue weighted by Crippen LogP contribution is 2.62. The van der Waals surface area contributed by atoms with E-state index in [0.717, 1.165) is 34.0 Å². The van der Waals surface area contributed by atoms with Crippen molar-refractivity contribution >= 4 is 17.3 Å². The number of hydrogen-bond acceptors (Lipinski definition) is 5. The Balaban J connectivity index is 1.85. The highest BCUT2D eigenvalue weighted by molar-refractivity contribution is 7.15. The Bertz CT molecular complexity index is 882. The maximum absolute atomic E-state index is 11.7. The van der Waals surface area contributed by atoms with E-state index in [9.17, 15) is 20.1 Å². The Labute approximate surface area is 169 Å². The van der Waals surface area contributed by atoms with Crippen LogP contribution in [0.5, 0.6) is 0 Å². The average molecular weight is 402 g/mol.